The molecule has 0 saturated heterocycles. The molecule has 2 fully saturated rings. The summed E-state index contributed by atoms with van der Waals surface area (Å²) in [5, 5.41) is 0.646. The van der Waals surface area contributed by atoms with Crippen molar-refractivity contribution in [2.75, 3.05) is 0 Å². The molecule has 0 aromatic carbocycles. The first-order chi connectivity index (χ1) is 10.7. The smallest absolute Gasteiger partial charge is 0.00199 e. The summed E-state index contributed by atoms with van der Waals surface area (Å²) in [6, 6.07) is 0. The molecule has 2 atom stereocenters. The first-order valence-corrected chi connectivity index (χ1v) is 10.6. The quantitative estimate of drug-likeness (QED) is 0.426. The Kier molecular flexibility index (Phi) is 6.36. The molecule has 0 spiro atoms. The minimum atomic E-state index is 0.646. The molecule has 2 unspecified atom stereocenters. The molecule has 3 aliphatic rings. The highest BCUT2D eigenvalue weighted by atomic mass is 32.1. The van der Waals surface area contributed by atoms with E-state index in [0.29, 0.717) is 5.25 Å². The van der Waals surface area contributed by atoms with Crippen LogP contribution in [-0.4, -0.2) is 5.25 Å². The Hall–Kier alpha value is 0.0900. The molecule has 126 valence electrons. The summed E-state index contributed by atoms with van der Waals surface area (Å²) in [6.07, 6.45) is 22.4. The third-order valence-electron chi connectivity index (χ3n) is 7.03. The van der Waals surface area contributed by atoms with Crippen LogP contribution in [0.2, 0.25) is 0 Å². The molecule has 0 nitrogen and oxygen atoms in total. The van der Waals surface area contributed by atoms with E-state index in [1.165, 1.54) is 77.0 Å². The van der Waals surface area contributed by atoms with Crippen LogP contribution in [0.4, 0.5) is 0 Å². The van der Waals surface area contributed by atoms with E-state index in [2.05, 4.69) is 19.1 Å². The molecule has 0 heterocycles. The van der Waals surface area contributed by atoms with E-state index in [4.69, 9.17) is 12.6 Å². The Labute approximate surface area is 143 Å². The van der Waals surface area contributed by atoms with E-state index in [-0.39, 0.29) is 0 Å². The summed E-state index contributed by atoms with van der Waals surface area (Å²) >= 11 is 4.74. The number of hydrogen-bond donors (Lipinski definition) is 1. The van der Waals surface area contributed by atoms with E-state index < -0.39 is 0 Å². The number of rotatable bonds is 2. The van der Waals surface area contributed by atoms with Gasteiger partial charge >= 0.3 is 0 Å². The molecule has 22 heavy (non-hydrogen) atoms. The number of hydrogen-bond acceptors (Lipinski definition) is 1. The SMILES string of the molecule is CC1CCC(C2CCC(C3C=CCCC(S)CC3)CC2)CC1. The average Bonchev–Trinajstić information content (AvgIpc) is 2.53. The lowest BCUT2D eigenvalue weighted by atomic mass is 9.67. The van der Waals surface area contributed by atoms with Gasteiger partial charge in [0, 0.05) is 5.25 Å². The maximum Gasteiger partial charge on any atom is 0.00199 e. The third kappa shape index (κ3) is 4.56. The number of thiol groups is 1. The molecule has 0 aromatic rings. The van der Waals surface area contributed by atoms with E-state index in [1.54, 1.807) is 0 Å². The fourth-order valence-electron chi connectivity index (χ4n) is 5.38. The van der Waals surface area contributed by atoms with Crippen LogP contribution < -0.4 is 0 Å². The van der Waals surface area contributed by atoms with Gasteiger partial charge in [0.05, 0.1) is 0 Å². The van der Waals surface area contributed by atoms with Gasteiger partial charge in [0.15, 0.2) is 0 Å². The fourth-order valence-corrected chi connectivity index (χ4v) is 5.68. The van der Waals surface area contributed by atoms with Crippen LogP contribution in [0.3, 0.4) is 0 Å². The van der Waals surface area contributed by atoms with Crippen molar-refractivity contribution in [3.8, 4) is 0 Å². The zero-order valence-electron chi connectivity index (χ0n) is 14.6. The highest BCUT2D eigenvalue weighted by Crippen LogP contribution is 2.44. The van der Waals surface area contributed by atoms with Gasteiger partial charge < -0.3 is 0 Å². The maximum atomic E-state index is 4.74. The molecule has 0 aliphatic heterocycles. The van der Waals surface area contributed by atoms with E-state index in [1.807, 2.05) is 0 Å². The van der Waals surface area contributed by atoms with Gasteiger partial charge in [-0.2, -0.15) is 12.6 Å². The minimum Gasteiger partial charge on any atom is -0.176 e. The van der Waals surface area contributed by atoms with Gasteiger partial charge in [0.1, 0.15) is 0 Å². The Morgan fingerprint density at radius 1 is 0.682 bits per heavy atom. The van der Waals surface area contributed by atoms with Crippen molar-refractivity contribution >= 4 is 12.6 Å². The van der Waals surface area contributed by atoms with Gasteiger partial charge in [0.2, 0.25) is 0 Å². The van der Waals surface area contributed by atoms with Crippen LogP contribution in [0.5, 0.6) is 0 Å². The summed E-state index contributed by atoms with van der Waals surface area (Å²) < 4.78 is 0. The van der Waals surface area contributed by atoms with Gasteiger partial charge in [-0.3, -0.25) is 0 Å². The summed E-state index contributed by atoms with van der Waals surface area (Å²) in [5.74, 6) is 4.99. The van der Waals surface area contributed by atoms with E-state index >= 15 is 0 Å². The highest BCUT2D eigenvalue weighted by Gasteiger charge is 2.32. The first-order valence-electron chi connectivity index (χ1n) is 10.1. The monoisotopic (exact) mass is 320 g/mol. The first kappa shape index (κ1) is 16.9. The van der Waals surface area contributed by atoms with Crippen LogP contribution in [0, 0.1) is 29.6 Å². The lowest BCUT2D eigenvalue weighted by Crippen LogP contribution is -2.28. The normalized spacial score (nSPS) is 44.3. The molecule has 0 amide bonds. The van der Waals surface area contributed by atoms with E-state index in [0.717, 1.165) is 29.6 Å². The second kappa shape index (κ2) is 8.27. The topological polar surface area (TPSA) is 0 Å². The predicted octanol–water partition coefficient (Wildman–Crippen LogP) is 6.66. The second-order valence-corrected chi connectivity index (χ2v) is 9.33. The molecule has 0 aromatic heterocycles. The summed E-state index contributed by atoms with van der Waals surface area (Å²) in [5.41, 5.74) is 0. The molecule has 0 N–H and O–H groups in total. The minimum absolute atomic E-state index is 0.646. The van der Waals surface area contributed by atoms with Crippen molar-refractivity contribution in [1.82, 2.24) is 0 Å². The fraction of sp³-hybridized carbons (Fsp3) is 0.905. The van der Waals surface area contributed by atoms with Gasteiger partial charge in [-0.25, -0.2) is 0 Å². The van der Waals surface area contributed by atoms with Gasteiger partial charge in [-0.05, 0) is 93.8 Å². The molecule has 3 rings (SSSR count). The summed E-state index contributed by atoms with van der Waals surface area (Å²) in [6.45, 7) is 2.45. The predicted molar refractivity (Wildman–Crippen MR) is 100 cm³/mol. The number of allylic oxidation sites excluding steroid dienone is 2. The lowest BCUT2D eigenvalue weighted by Gasteiger charge is -2.39. The Morgan fingerprint density at radius 3 is 1.95 bits per heavy atom. The zero-order valence-corrected chi connectivity index (χ0v) is 15.4. The third-order valence-corrected chi connectivity index (χ3v) is 7.55. The van der Waals surface area contributed by atoms with Crippen LogP contribution in [0.25, 0.3) is 0 Å². The molecule has 2 saturated carbocycles. The highest BCUT2D eigenvalue weighted by molar-refractivity contribution is 7.80. The van der Waals surface area contributed by atoms with E-state index in [9.17, 15) is 0 Å². The van der Waals surface area contributed by atoms with Gasteiger partial charge in [0.25, 0.3) is 0 Å². The van der Waals surface area contributed by atoms with Crippen molar-refractivity contribution in [2.45, 2.75) is 89.2 Å². The van der Waals surface area contributed by atoms with Crippen LogP contribution >= 0.6 is 12.6 Å². The zero-order chi connectivity index (χ0) is 15.4. The molecular formula is C21H36S. The Balaban J connectivity index is 1.47. The molecule has 1 heteroatoms. The molecule has 0 radical (unpaired) electrons. The van der Waals surface area contributed by atoms with Crippen molar-refractivity contribution in [1.29, 1.82) is 0 Å². The molecular weight excluding hydrogens is 284 g/mol. The van der Waals surface area contributed by atoms with Crippen molar-refractivity contribution in [3.05, 3.63) is 12.2 Å². The molecule has 0 bridgehead atoms. The summed E-state index contributed by atoms with van der Waals surface area (Å²) in [7, 11) is 0. The van der Waals surface area contributed by atoms with Crippen molar-refractivity contribution in [2.24, 2.45) is 29.6 Å². The van der Waals surface area contributed by atoms with Crippen LogP contribution in [0.15, 0.2) is 12.2 Å². The standard InChI is InChI=1S/C21H36S/c1-16-6-8-18(9-7-16)20-12-10-19(11-13-20)17-4-2-3-5-21(22)15-14-17/h2,4,16-22H,3,5-15H2,1H3. The second-order valence-electron chi connectivity index (χ2n) is 8.60. The van der Waals surface area contributed by atoms with Crippen molar-refractivity contribution < 1.29 is 0 Å². The average molecular weight is 321 g/mol. The molecule has 3 aliphatic carbocycles. The summed E-state index contributed by atoms with van der Waals surface area (Å²) in [4.78, 5) is 0. The van der Waals surface area contributed by atoms with Gasteiger partial charge in [-0.1, -0.05) is 31.9 Å². The maximum absolute atomic E-state index is 4.74. The van der Waals surface area contributed by atoms with Crippen LogP contribution in [-0.2, 0) is 0 Å². The Bertz CT molecular complexity index is 345. The Morgan fingerprint density at radius 2 is 1.27 bits per heavy atom. The van der Waals surface area contributed by atoms with Crippen LogP contribution in [0.1, 0.15) is 84.0 Å². The lowest BCUT2D eigenvalue weighted by molar-refractivity contribution is 0.134. The largest absolute Gasteiger partial charge is 0.176 e. The van der Waals surface area contributed by atoms with Gasteiger partial charge in [-0.15, -0.1) is 0 Å². The van der Waals surface area contributed by atoms with Crippen molar-refractivity contribution in [3.63, 3.8) is 0 Å².